The fourth-order valence-electron chi connectivity index (χ4n) is 12.5. The summed E-state index contributed by atoms with van der Waals surface area (Å²) in [6.45, 7) is -6.76. The first kappa shape index (κ1) is 80.3. The molecule has 0 amide bonds. The maximum Gasteiger partial charge on any atom is 1.00 e. The number of carbonyl (C=O) groups is 2. The standard InChI is InChI=1S/C56H80N2O37.2Na/c59-11-22-43-30(67)37(74)53(85-22)93-45-24(13-61)87-55(39(76)32(45)69)95-47-26(15-63)88-56(40(77)33(47)70)94-46-25(14-62)86-54(38(75)31(46)68)92-44-23(12-60)84-52(36(73)29(44)66)90-42-21(10-58-19-8-4-2-6-17(19)49(80)81)82-50(34(71)27(42)64)89-41-20(83-51(91-43)35(72)28(41)65)9-57-18-7-3-1-5-16(18)48(78)79;;/h1-8,20-47,50-77H,9-15H2,(H,78,79)(H,80,81);;/q;2*+1/p-2/t20-,21-,22-,23-,24-,25-,26-,27-,28-,29-,30-,31-,32-,33-,34-,35+,36-,37+,38-,39+,40-,41-,42-,43-,44-,45-,46-,47-,50-,51-,52-,53-,54-,55-,56-;;/m1../s1. The quantitative estimate of drug-likeness (QED) is 0.0828. The summed E-state index contributed by atoms with van der Waals surface area (Å²) in [5, 5.41) is 246. The molecule has 23 rings (SSSR count). The summed E-state index contributed by atoms with van der Waals surface area (Å²) < 4.78 is 82.4. The van der Waals surface area contributed by atoms with Crippen LogP contribution in [0.5, 0.6) is 0 Å². The van der Waals surface area contributed by atoms with Crippen LogP contribution in [-0.4, -0.2) is 370 Å². The molecule has 21 aliphatic heterocycles. The molecule has 21 aliphatic rings. The summed E-state index contributed by atoms with van der Waals surface area (Å²) in [6, 6.07) is 10.5. The number of ether oxygens (including phenoxy) is 14. The number of carboxylic acid groups (broad SMARTS) is 2. The Labute approximate surface area is 593 Å². The second-order valence-electron chi connectivity index (χ2n) is 23.7. The van der Waals surface area contributed by atoms with Gasteiger partial charge in [-0.3, -0.25) is 0 Å². The molecule has 536 valence electrons. The number of aromatic carboxylic acids is 2. The molecule has 21 fully saturated rings. The molecule has 0 radical (unpaired) electrons. The molecule has 39 nitrogen and oxygen atoms in total. The van der Waals surface area contributed by atoms with Gasteiger partial charge in [-0.1, -0.05) is 36.4 Å². The number of nitrogens with one attached hydrogen (secondary N) is 2. The largest absolute Gasteiger partial charge is 1.00 e. The Kier molecular flexibility index (Phi) is 29.0. The number of aliphatic hydroxyl groups excluding tert-OH is 19. The molecule has 2 aromatic carbocycles. The van der Waals surface area contributed by atoms with Crippen molar-refractivity contribution in [2.24, 2.45) is 0 Å². The number of hydrogen-bond acceptors (Lipinski definition) is 39. The summed E-state index contributed by atoms with van der Waals surface area (Å²) in [4.78, 5) is 24.4. The fourth-order valence-corrected chi connectivity index (χ4v) is 12.5. The third-order valence-corrected chi connectivity index (χ3v) is 17.7. The van der Waals surface area contributed by atoms with Gasteiger partial charge in [0.05, 0.1) is 45.0 Å². The predicted molar refractivity (Wildman–Crippen MR) is 293 cm³/mol. The van der Waals surface area contributed by atoms with Gasteiger partial charge in [0.1, 0.15) is 171 Å². The van der Waals surface area contributed by atoms with Crippen LogP contribution in [0.2, 0.25) is 0 Å². The molecule has 2 aromatic rings. The van der Waals surface area contributed by atoms with Crippen molar-refractivity contribution in [3.63, 3.8) is 0 Å². The molecular formula is C56H78N2Na2O37. The Hall–Kier alpha value is -2.34. The molecule has 0 unspecified atom stereocenters. The minimum atomic E-state index is -2.33. The van der Waals surface area contributed by atoms with Crippen LogP contribution in [0.25, 0.3) is 0 Å². The van der Waals surface area contributed by atoms with E-state index >= 15 is 0 Å². The Balaban J connectivity index is 0.00000601. The van der Waals surface area contributed by atoms with Crippen molar-refractivity contribution in [2.45, 2.75) is 215 Å². The molecule has 97 heavy (non-hydrogen) atoms. The third-order valence-electron chi connectivity index (χ3n) is 17.7. The smallest absolute Gasteiger partial charge is 0.545 e. The Morgan fingerprint density at radius 1 is 0.289 bits per heavy atom. The van der Waals surface area contributed by atoms with Gasteiger partial charge in [0.15, 0.2) is 44.0 Å². The molecule has 0 saturated carbocycles. The van der Waals surface area contributed by atoms with Crippen molar-refractivity contribution in [2.75, 3.05) is 56.8 Å². The van der Waals surface area contributed by atoms with Gasteiger partial charge >= 0.3 is 59.1 Å². The van der Waals surface area contributed by atoms with Gasteiger partial charge in [-0.2, -0.15) is 0 Å². The van der Waals surface area contributed by atoms with E-state index < -0.39 is 284 Å². The summed E-state index contributed by atoms with van der Waals surface area (Å²) >= 11 is 0. The number of carbonyl (C=O) groups excluding carboxylic acids is 2. The molecule has 35 atom stereocenters. The zero-order valence-corrected chi connectivity index (χ0v) is 55.6. The monoisotopic (exact) mass is 1420 g/mol. The van der Waals surface area contributed by atoms with Crippen LogP contribution in [0.3, 0.4) is 0 Å². The van der Waals surface area contributed by atoms with Gasteiger partial charge in [0.2, 0.25) is 0 Å². The van der Waals surface area contributed by atoms with Gasteiger partial charge in [-0.05, 0) is 12.1 Å². The van der Waals surface area contributed by atoms with E-state index in [0.29, 0.717) is 0 Å². The Morgan fingerprint density at radius 2 is 0.464 bits per heavy atom. The molecule has 21 N–H and O–H groups in total. The van der Waals surface area contributed by atoms with Gasteiger partial charge in [0.25, 0.3) is 0 Å². The van der Waals surface area contributed by atoms with Crippen LogP contribution in [0, 0.1) is 0 Å². The number of hydrogen-bond donors (Lipinski definition) is 21. The maximum atomic E-state index is 12.2. The second-order valence-corrected chi connectivity index (χ2v) is 23.7. The van der Waals surface area contributed by atoms with E-state index in [0.717, 1.165) is 12.1 Å². The van der Waals surface area contributed by atoms with Gasteiger partial charge < -0.3 is 194 Å². The van der Waals surface area contributed by atoms with Crippen molar-refractivity contribution >= 4 is 23.3 Å². The van der Waals surface area contributed by atoms with E-state index in [4.69, 9.17) is 66.3 Å². The van der Waals surface area contributed by atoms with Crippen LogP contribution in [0.15, 0.2) is 48.5 Å². The van der Waals surface area contributed by atoms with E-state index in [1.165, 1.54) is 36.4 Å². The van der Waals surface area contributed by atoms with Crippen molar-refractivity contribution < 1.29 is 242 Å². The normalized spacial score (nSPS) is 45.9. The minimum absolute atomic E-state index is 0. The van der Waals surface area contributed by atoms with Gasteiger partial charge in [-0.15, -0.1) is 0 Å². The maximum absolute atomic E-state index is 12.2. The summed E-state index contributed by atoms with van der Waals surface area (Å²) in [5.41, 5.74) is -1.04. The van der Waals surface area contributed by atoms with Crippen molar-refractivity contribution in [3.8, 4) is 0 Å². The average Bonchev–Trinajstić information content (AvgIpc) is 0.787. The van der Waals surface area contributed by atoms with Gasteiger partial charge in [-0.25, -0.2) is 0 Å². The summed E-state index contributed by atoms with van der Waals surface area (Å²) in [6.07, 6.45) is -72.9. The van der Waals surface area contributed by atoms with Crippen LogP contribution < -0.4 is 80.0 Å². The van der Waals surface area contributed by atoms with E-state index in [1.54, 1.807) is 0 Å². The molecule has 0 spiro atoms. The Bertz CT molecular complexity index is 2760. The fraction of sp³-hybridized carbons (Fsp3) is 0.750. The first-order valence-electron chi connectivity index (χ1n) is 30.2. The van der Waals surface area contributed by atoms with Crippen LogP contribution >= 0.6 is 0 Å². The number of anilines is 2. The number of para-hydroxylation sites is 2. The van der Waals surface area contributed by atoms with Crippen molar-refractivity contribution in [1.82, 2.24) is 0 Å². The number of rotatable bonds is 13. The topological polar surface area (TPSA) is 618 Å². The first-order valence-corrected chi connectivity index (χ1v) is 30.2. The number of carboxylic acids is 2. The zero-order chi connectivity index (χ0) is 68.6. The average molecular weight is 1420 g/mol. The summed E-state index contributed by atoms with van der Waals surface area (Å²) in [7, 11) is 0. The van der Waals surface area contributed by atoms with Crippen molar-refractivity contribution in [1.29, 1.82) is 0 Å². The van der Waals surface area contributed by atoms with E-state index in [9.17, 15) is 117 Å². The van der Waals surface area contributed by atoms with E-state index in [2.05, 4.69) is 10.6 Å². The molecule has 14 bridgehead atoms. The molecular weight excluding hydrogens is 1340 g/mol. The van der Waals surface area contributed by atoms with Crippen LogP contribution in [-0.2, 0) is 66.3 Å². The number of benzene rings is 2. The number of aliphatic hydroxyl groups is 19. The molecule has 0 aromatic heterocycles. The van der Waals surface area contributed by atoms with E-state index in [1.807, 2.05) is 0 Å². The van der Waals surface area contributed by atoms with Crippen molar-refractivity contribution in [3.05, 3.63) is 59.7 Å². The second kappa shape index (κ2) is 35.0. The SMILES string of the molecule is O=C([O-])c1ccccc1NC[C@H]1O[C@@H]2O[C@H]3[C@H](O)[C@H](O)[C@@H](O[C@H]4[C@H](O)[C@H](O)[C@@H](O[C@H]5[C@H](O)[C@@H](O)[C@@H](O[C@H]6[C@H](O)[C@@H](O)[C@@H](O[C@H]7[C@H](O)[C@@H](O)[C@@H](O[C@H]8[C@H](O)[C@@H](O)[C@@H](O[C@H]1[C@H](O)[C@@H]2O)O[C@@H]8CNc1ccccc1C(=O)[O-])O[C@@H]7CO)O[C@@H]6CO)O[C@@H]5CO)O[C@@H]4CO)O[C@@H]3CO.[Na+].[Na+]. The zero-order valence-electron chi connectivity index (χ0n) is 51.6. The predicted octanol–water partition coefficient (Wildman–Crippen LogP) is -20.3. The molecule has 0 aliphatic carbocycles. The van der Waals surface area contributed by atoms with Gasteiger partial charge in [0, 0.05) is 35.6 Å². The third kappa shape index (κ3) is 16.9. The van der Waals surface area contributed by atoms with Crippen LogP contribution in [0.1, 0.15) is 20.7 Å². The Morgan fingerprint density at radius 3 is 0.649 bits per heavy atom. The molecule has 21 heterocycles. The first-order chi connectivity index (χ1) is 45.3. The van der Waals surface area contributed by atoms with E-state index in [-0.39, 0.29) is 70.5 Å². The molecule has 21 saturated heterocycles. The minimum Gasteiger partial charge on any atom is -0.545 e. The van der Waals surface area contributed by atoms with Crippen LogP contribution in [0.4, 0.5) is 11.4 Å². The summed E-state index contributed by atoms with van der Waals surface area (Å²) in [5.74, 6) is -3.32. The molecule has 41 heteroatoms.